The number of nitrogens with zero attached hydrogens (tertiary/aromatic N) is 1. The standard InChI is InChI=1S/C9H10BrF3N2O2S/c1-15(2)18(16,17)14-6-3-4-8(10)7(5-6)9(11,12)13/h3-5,14H,1-2H3. The molecule has 0 radical (unpaired) electrons. The first kappa shape index (κ1) is 15.3. The molecule has 1 rings (SSSR count). The molecule has 1 aromatic carbocycles. The van der Waals surface area contributed by atoms with Gasteiger partial charge in [-0.15, -0.1) is 0 Å². The van der Waals surface area contributed by atoms with E-state index in [0.29, 0.717) is 0 Å². The third-order valence-corrected chi connectivity index (χ3v) is 4.15. The summed E-state index contributed by atoms with van der Waals surface area (Å²) in [5.41, 5.74) is -1.10. The van der Waals surface area contributed by atoms with Crippen LogP contribution in [0, 0.1) is 0 Å². The van der Waals surface area contributed by atoms with Crippen LogP contribution in [0.2, 0.25) is 0 Å². The van der Waals surface area contributed by atoms with Crippen LogP contribution in [0.25, 0.3) is 0 Å². The second-order valence-electron chi connectivity index (χ2n) is 3.58. The predicted molar refractivity (Wildman–Crippen MR) is 65.4 cm³/mol. The fourth-order valence-corrected chi connectivity index (χ4v) is 2.13. The number of alkyl halides is 3. The molecule has 0 fully saturated rings. The average Bonchev–Trinajstić information content (AvgIpc) is 2.18. The van der Waals surface area contributed by atoms with Gasteiger partial charge in [0.1, 0.15) is 0 Å². The highest BCUT2D eigenvalue weighted by molar-refractivity contribution is 9.10. The van der Waals surface area contributed by atoms with Crippen LogP contribution < -0.4 is 4.72 Å². The summed E-state index contributed by atoms with van der Waals surface area (Å²) in [5, 5.41) is 0. The number of anilines is 1. The van der Waals surface area contributed by atoms with Gasteiger partial charge in [0, 0.05) is 18.6 Å². The van der Waals surface area contributed by atoms with Gasteiger partial charge in [0.05, 0.1) is 11.3 Å². The second-order valence-corrected chi connectivity index (χ2v) is 6.32. The minimum atomic E-state index is -4.56. The largest absolute Gasteiger partial charge is 0.417 e. The molecule has 0 spiro atoms. The van der Waals surface area contributed by atoms with E-state index in [2.05, 4.69) is 15.9 Å². The van der Waals surface area contributed by atoms with E-state index in [1.54, 1.807) is 0 Å². The Kier molecular flexibility index (Phi) is 4.29. The molecule has 0 aliphatic carbocycles. The van der Waals surface area contributed by atoms with Crippen LogP contribution in [0.1, 0.15) is 5.56 Å². The van der Waals surface area contributed by atoms with Gasteiger partial charge in [-0.1, -0.05) is 15.9 Å². The quantitative estimate of drug-likeness (QED) is 0.914. The highest BCUT2D eigenvalue weighted by atomic mass is 79.9. The Morgan fingerprint density at radius 3 is 2.28 bits per heavy atom. The molecule has 0 amide bonds. The van der Waals surface area contributed by atoms with Gasteiger partial charge in [0.15, 0.2) is 0 Å². The van der Waals surface area contributed by atoms with Crippen LogP contribution in [0.15, 0.2) is 22.7 Å². The molecule has 0 atom stereocenters. The van der Waals surface area contributed by atoms with E-state index in [0.717, 1.165) is 16.4 Å². The van der Waals surface area contributed by atoms with E-state index in [4.69, 9.17) is 0 Å². The minimum absolute atomic E-state index is 0.150. The first-order chi connectivity index (χ1) is 8.04. The summed E-state index contributed by atoms with van der Waals surface area (Å²) in [4.78, 5) is 0. The first-order valence-electron chi connectivity index (χ1n) is 4.61. The van der Waals surface area contributed by atoms with Crippen molar-refractivity contribution in [1.29, 1.82) is 0 Å². The highest BCUT2D eigenvalue weighted by Gasteiger charge is 2.33. The van der Waals surface area contributed by atoms with Gasteiger partial charge < -0.3 is 0 Å². The summed E-state index contributed by atoms with van der Waals surface area (Å²) in [6.45, 7) is 0. The molecule has 18 heavy (non-hydrogen) atoms. The van der Waals surface area contributed by atoms with Crippen molar-refractivity contribution in [2.45, 2.75) is 6.18 Å². The molecule has 1 aromatic rings. The van der Waals surface area contributed by atoms with E-state index in [1.165, 1.54) is 20.2 Å². The van der Waals surface area contributed by atoms with Gasteiger partial charge >= 0.3 is 16.4 Å². The van der Waals surface area contributed by atoms with Crippen molar-refractivity contribution >= 4 is 31.8 Å². The molecule has 4 nitrogen and oxygen atoms in total. The Balaban J connectivity index is 3.15. The molecule has 1 N–H and O–H groups in total. The maximum atomic E-state index is 12.6. The molecular weight excluding hydrogens is 337 g/mol. The fraction of sp³-hybridized carbons (Fsp3) is 0.333. The zero-order valence-corrected chi connectivity index (χ0v) is 11.8. The first-order valence-corrected chi connectivity index (χ1v) is 6.84. The monoisotopic (exact) mass is 346 g/mol. The SMILES string of the molecule is CN(C)S(=O)(=O)Nc1ccc(Br)c(C(F)(F)F)c1. The Bertz CT molecular complexity index is 543. The van der Waals surface area contributed by atoms with E-state index >= 15 is 0 Å². The lowest BCUT2D eigenvalue weighted by Gasteiger charge is -2.15. The zero-order chi connectivity index (χ0) is 14.1. The third kappa shape index (κ3) is 3.59. The molecule has 0 bridgehead atoms. The average molecular weight is 347 g/mol. The molecule has 0 saturated heterocycles. The van der Waals surface area contributed by atoms with E-state index < -0.39 is 21.9 Å². The molecule has 0 aromatic heterocycles. The number of halogens is 4. The lowest BCUT2D eigenvalue weighted by molar-refractivity contribution is -0.138. The molecule has 0 unspecified atom stereocenters. The van der Waals surface area contributed by atoms with Gasteiger partial charge in [0.2, 0.25) is 0 Å². The molecule has 9 heteroatoms. The van der Waals surface area contributed by atoms with Crippen LogP contribution in [0.3, 0.4) is 0 Å². The predicted octanol–water partition coefficient (Wildman–Crippen LogP) is 2.69. The maximum absolute atomic E-state index is 12.6. The number of benzene rings is 1. The van der Waals surface area contributed by atoms with Crippen LogP contribution in [0.4, 0.5) is 18.9 Å². The summed E-state index contributed by atoms with van der Waals surface area (Å²) in [6, 6.07) is 3.10. The fourth-order valence-electron chi connectivity index (χ4n) is 1.05. The summed E-state index contributed by atoms with van der Waals surface area (Å²) >= 11 is 2.77. The number of nitrogens with one attached hydrogen (secondary N) is 1. The Morgan fingerprint density at radius 1 is 1.28 bits per heavy atom. The maximum Gasteiger partial charge on any atom is 0.417 e. The lowest BCUT2D eigenvalue weighted by atomic mass is 10.2. The van der Waals surface area contributed by atoms with Crippen molar-refractivity contribution in [3.05, 3.63) is 28.2 Å². The summed E-state index contributed by atoms with van der Waals surface area (Å²) in [6.07, 6.45) is -4.56. The van der Waals surface area contributed by atoms with Crippen LogP contribution in [0.5, 0.6) is 0 Å². The van der Waals surface area contributed by atoms with Crippen LogP contribution in [-0.2, 0) is 16.4 Å². The van der Waals surface area contributed by atoms with Crippen molar-refractivity contribution < 1.29 is 21.6 Å². The van der Waals surface area contributed by atoms with Gasteiger partial charge in [-0.05, 0) is 18.2 Å². The van der Waals surface area contributed by atoms with Crippen LogP contribution in [-0.4, -0.2) is 26.8 Å². The Morgan fingerprint density at radius 2 is 1.83 bits per heavy atom. The molecule has 0 saturated carbocycles. The summed E-state index contributed by atoms with van der Waals surface area (Å²) < 4.78 is 63.5. The minimum Gasteiger partial charge on any atom is -0.271 e. The molecule has 0 aliphatic rings. The van der Waals surface area contributed by atoms with Gasteiger partial charge in [0.25, 0.3) is 0 Å². The molecule has 0 heterocycles. The van der Waals surface area contributed by atoms with Crippen molar-refractivity contribution in [2.24, 2.45) is 0 Å². The normalized spacial score (nSPS) is 12.8. The van der Waals surface area contributed by atoms with Gasteiger partial charge in [-0.2, -0.15) is 25.9 Å². The Labute approximate surface area is 111 Å². The Hall–Kier alpha value is -0.800. The lowest BCUT2D eigenvalue weighted by Crippen LogP contribution is -2.29. The molecule has 102 valence electrons. The van der Waals surface area contributed by atoms with Crippen LogP contribution >= 0.6 is 15.9 Å². The molecule has 0 aliphatic heterocycles. The van der Waals surface area contributed by atoms with E-state index in [-0.39, 0.29) is 10.2 Å². The third-order valence-electron chi connectivity index (χ3n) is 2.00. The van der Waals surface area contributed by atoms with E-state index in [1.807, 2.05) is 4.72 Å². The highest BCUT2D eigenvalue weighted by Crippen LogP contribution is 2.36. The second kappa shape index (κ2) is 5.06. The van der Waals surface area contributed by atoms with Crippen molar-refractivity contribution in [3.63, 3.8) is 0 Å². The number of rotatable bonds is 3. The smallest absolute Gasteiger partial charge is 0.271 e. The van der Waals surface area contributed by atoms with E-state index in [9.17, 15) is 21.6 Å². The van der Waals surface area contributed by atoms with Crippen molar-refractivity contribution in [3.8, 4) is 0 Å². The number of hydrogen-bond donors (Lipinski definition) is 1. The van der Waals surface area contributed by atoms with Crippen molar-refractivity contribution in [2.75, 3.05) is 18.8 Å². The summed E-state index contributed by atoms with van der Waals surface area (Å²) in [5.74, 6) is 0. The van der Waals surface area contributed by atoms with Crippen molar-refractivity contribution in [1.82, 2.24) is 4.31 Å². The summed E-state index contributed by atoms with van der Waals surface area (Å²) in [7, 11) is -1.29. The van der Waals surface area contributed by atoms with Gasteiger partial charge in [-0.3, -0.25) is 4.72 Å². The number of hydrogen-bond acceptors (Lipinski definition) is 2. The topological polar surface area (TPSA) is 49.4 Å². The van der Waals surface area contributed by atoms with Gasteiger partial charge in [-0.25, -0.2) is 0 Å². The zero-order valence-electron chi connectivity index (χ0n) is 9.42. The molecular formula is C9H10BrF3N2O2S.